The second kappa shape index (κ2) is 9.77. The molecule has 1 aromatic rings. The summed E-state index contributed by atoms with van der Waals surface area (Å²) in [5.41, 5.74) is 0.624. The van der Waals surface area contributed by atoms with E-state index in [0.29, 0.717) is 31.3 Å². The molecule has 0 heterocycles. The molecule has 6 nitrogen and oxygen atoms in total. The number of amides is 1. The first kappa shape index (κ1) is 17.0. The Morgan fingerprint density at radius 2 is 2.00 bits per heavy atom. The van der Waals surface area contributed by atoms with Gasteiger partial charge in [0.1, 0.15) is 12.4 Å². The third-order valence-corrected chi connectivity index (χ3v) is 2.54. The topological polar surface area (TPSA) is 73.9 Å². The second-order valence-electron chi connectivity index (χ2n) is 4.22. The zero-order chi connectivity index (χ0) is 15.5. The Morgan fingerprint density at radius 1 is 1.19 bits per heavy atom. The fourth-order valence-electron chi connectivity index (χ4n) is 1.58. The Hall–Kier alpha value is -2.08. The quantitative estimate of drug-likeness (QED) is 0.557. The van der Waals surface area contributed by atoms with E-state index in [1.807, 2.05) is 0 Å². The van der Waals surface area contributed by atoms with Gasteiger partial charge >= 0.3 is 5.97 Å². The summed E-state index contributed by atoms with van der Waals surface area (Å²) in [6, 6.07) is 7.05. The highest BCUT2D eigenvalue weighted by molar-refractivity contribution is 5.92. The summed E-state index contributed by atoms with van der Waals surface area (Å²) < 4.78 is 15.1. The van der Waals surface area contributed by atoms with Crippen molar-refractivity contribution < 1.29 is 23.8 Å². The molecule has 0 aliphatic rings. The van der Waals surface area contributed by atoms with Crippen LogP contribution in [0.1, 0.15) is 19.8 Å². The third kappa shape index (κ3) is 7.31. The highest BCUT2D eigenvalue weighted by Gasteiger charge is 2.08. The van der Waals surface area contributed by atoms with E-state index in [9.17, 15) is 9.59 Å². The van der Waals surface area contributed by atoms with Crippen molar-refractivity contribution in [2.45, 2.75) is 19.8 Å². The Kier molecular flexibility index (Phi) is 7.89. The number of anilines is 1. The first-order valence-electron chi connectivity index (χ1n) is 6.83. The van der Waals surface area contributed by atoms with Crippen LogP contribution in [0.2, 0.25) is 0 Å². The summed E-state index contributed by atoms with van der Waals surface area (Å²) >= 11 is 0. The third-order valence-electron chi connectivity index (χ3n) is 2.54. The summed E-state index contributed by atoms with van der Waals surface area (Å²) in [7, 11) is 1.60. The Balaban J connectivity index is 2.41. The summed E-state index contributed by atoms with van der Waals surface area (Å²) in [5, 5.41) is 2.71. The first-order chi connectivity index (χ1) is 10.2. The summed E-state index contributed by atoms with van der Waals surface area (Å²) in [6.07, 6.45) is 0.164. The molecule has 1 amide bonds. The lowest BCUT2D eigenvalue weighted by Crippen LogP contribution is -2.14. The van der Waals surface area contributed by atoms with Crippen molar-refractivity contribution in [2.24, 2.45) is 0 Å². The van der Waals surface area contributed by atoms with Crippen LogP contribution in [0.3, 0.4) is 0 Å². The summed E-state index contributed by atoms with van der Waals surface area (Å²) in [5.74, 6) is 0.0386. The lowest BCUT2D eigenvalue weighted by atomic mass is 10.2. The number of hydrogen-bond donors (Lipinski definition) is 1. The fourth-order valence-corrected chi connectivity index (χ4v) is 1.58. The van der Waals surface area contributed by atoms with Crippen molar-refractivity contribution in [1.29, 1.82) is 0 Å². The van der Waals surface area contributed by atoms with Gasteiger partial charge in [-0.3, -0.25) is 9.59 Å². The van der Waals surface area contributed by atoms with Crippen molar-refractivity contribution in [2.75, 3.05) is 32.2 Å². The maximum Gasteiger partial charge on any atom is 0.306 e. The molecule has 0 aliphatic carbocycles. The van der Waals surface area contributed by atoms with Gasteiger partial charge in [-0.05, 0) is 19.1 Å². The number of ether oxygens (including phenoxy) is 3. The van der Waals surface area contributed by atoms with E-state index in [1.54, 1.807) is 38.3 Å². The maximum absolute atomic E-state index is 11.7. The fraction of sp³-hybridized carbons (Fsp3) is 0.467. The zero-order valence-electron chi connectivity index (χ0n) is 12.4. The van der Waals surface area contributed by atoms with Crippen LogP contribution >= 0.6 is 0 Å². The van der Waals surface area contributed by atoms with Crippen LogP contribution in [-0.4, -0.2) is 38.8 Å². The van der Waals surface area contributed by atoms with Gasteiger partial charge < -0.3 is 19.5 Å². The molecule has 0 radical (unpaired) electrons. The van der Waals surface area contributed by atoms with Gasteiger partial charge in [0.2, 0.25) is 5.91 Å². The van der Waals surface area contributed by atoms with Crippen LogP contribution in [0, 0.1) is 0 Å². The van der Waals surface area contributed by atoms with Crippen LogP contribution in [0.4, 0.5) is 5.69 Å². The molecule has 1 aromatic carbocycles. The van der Waals surface area contributed by atoms with E-state index in [0.717, 1.165) is 0 Å². The van der Waals surface area contributed by atoms with E-state index >= 15 is 0 Å². The number of carbonyl (C=O) groups excluding carboxylic acids is 2. The van der Waals surface area contributed by atoms with Gasteiger partial charge in [-0.25, -0.2) is 0 Å². The van der Waals surface area contributed by atoms with Gasteiger partial charge in [-0.1, -0.05) is 6.07 Å². The Morgan fingerprint density at radius 3 is 2.71 bits per heavy atom. The maximum atomic E-state index is 11.7. The second-order valence-corrected chi connectivity index (χ2v) is 4.22. The first-order valence-corrected chi connectivity index (χ1v) is 6.83. The molecule has 0 atom stereocenters. The largest absolute Gasteiger partial charge is 0.491 e. The number of methoxy groups -OCH3 is 1. The molecule has 0 bridgehead atoms. The average Bonchev–Trinajstić information content (AvgIpc) is 2.46. The van der Waals surface area contributed by atoms with E-state index in [-0.39, 0.29) is 24.7 Å². The molecule has 0 spiro atoms. The smallest absolute Gasteiger partial charge is 0.306 e. The molecule has 0 fully saturated rings. The van der Waals surface area contributed by atoms with E-state index < -0.39 is 0 Å². The number of carbonyl (C=O) groups is 2. The summed E-state index contributed by atoms with van der Waals surface area (Å²) in [4.78, 5) is 22.9. The minimum Gasteiger partial charge on any atom is -0.491 e. The van der Waals surface area contributed by atoms with E-state index in [1.165, 1.54) is 0 Å². The van der Waals surface area contributed by atoms with Crippen molar-refractivity contribution in [1.82, 2.24) is 0 Å². The van der Waals surface area contributed by atoms with E-state index in [2.05, 4.69) is 5.32 Å². The van der Waals surface area contributed by atoms with Gasteiger partial charge in [0, 0.05) is 25.3 Å². The molecular weight excluding hydrogens is 274 g/mol. The standard InChI is InChI=1S/C15H21NO5/c1-3-20-15(18)8-7-14(17)16-12-5-4-6-13(11-12)21-10-9-19-2/h4-6,11H,3,7-10H2,1-2H3,(H,16,17). The predicted octanol–water partition coefficient (Wildman–Crippen LogP) is 1.99. The lowest BCUT2D eigenvalue weighted by Gasteiger charge is -2.09. The van der Waals surface area contributed by atoms with Crippen molar-refractivity contribution in [3.05, 3.63) is 24.3 Å². The molecule has 0 unspecified atom stereocenters. The number of nitrogens with one attached hydrogen (secondary N) is 1. The molecule has 0 saturated carbocycles. The van der Waals surface area contributed by atoms with Gasteiger partial charge in [0.25, 0.3) is 0 Å². The van der Waals surface area contributed by atoms with Crippen molar-refractivity contribution >= 4 is 17.6 Å². The van der Waals surface area contributed by atoms with Crippen LogP contribution in [0.15, 0.2) is 24.3 Å². The van der Waals surface area contributed by atoms with Gasteiger partial charge in [-0.15, -0.1) is 0 Å². The minimum atomic E-state index is -0.371. The Labute approximate surface area is 124 Å². The zero-order valence-corrected chi connectivity index (χ0v) is 12.4. The molecule has 0 saturated heterocycles. The molecule has 21 heavy (non-hydrogen) atoms. The highest BCUT2D eigenvalue weighted by atomic mass is 16.5. The Bertz CT molecular complexity index is 461. The predicted molar refractivity (Wildman–Crippen MR) is 78.3 cm³/mol. The lowest BCUT2D eigenvalue weighted by molar-refractivity contribution is -0.144. The number of benzene rings is 1. The minimum absolute atomic E-state index is 0.0731. The molecule has 116 valence electrons. The van der Waals surface area contributed by atoms with Gasteiger partial charge in [0.15, 0.2) is 0 Å². The van der Waals surface area contributed by atoms with Crippen molar-refractivity contribution in [3.8, 4) is 5.75 Å². The highest BCUT2D eigenvalue weighted by Crippen LogP contribution is 2.17. The van der Waals surface area contributed by atoms with Gasteiger partial charge in [-0.2, -0.15) is 0 Å². The summed E-state index contributed by atoms with van der Waals surface area (Å²) in [6.45, 7) is 2.99. The molecule has 6 heteroatoms. The molecule has 1 rings (SSSR count). The van der Waals surface area contributed by atoms with Crippen LogP contribution in [-0.2, 0) is 19.1 Å². The number of hydrogen-bond acceptors (Lipinski definition) is 5. The SMILES string of the molecule is CCOC(=O)CCC(=O)Nc1cccc(OCCOC)c1. The monoisotopic (exact) mass is 295 g/mol. The molecule has 0 aromatic heterocycles. The van der Waals surface area contributed by atoms with Crippen LogP contribution < -0.4 is 10.1 Å². The normalized spacial score (nSPS) is 10.0. The van der Waals surface area contributed by atoms with Gasteiger partial charge in [0.05, 0.1) is 19.6 Å². The van der Waals surface area contributed by atoms with E-state index in [4.69, 9.17) is 14.2 Å². The molecular formula is C15H21NO5. The molecule has 0 aliphatic heterocycles. The van der Waals surface area contributed by atoms with Crippen LogP contribution in [0.25, 0.3) is 0 Å². The average molecular weight is 295 g/mol. The number of rotatable bonds is 9. The number of esters is 1. The molecule has 1 N–H and O–H groups in total. The van der Waals surface area contributed by atoms with Crippen molar-refractivity contribution in [3.63, 3.8) is 0 Å². The van der Waals surface area contributed by atoms with Crippen LogP contribution in [0.5, 0.6) is 5.75 Å².